The van der Waals surface area contributed by atoms with Crippen molar-refractivity contribution in [2.75, 3.05) is 18.5 Å². The highest BCUT2D eigenvalue weighted by Crippen LogP contribution is 2.30. The van der Waals surface area contributed by atoms with Crippen LogP contribution < -0.4 is 10.1 Å². The number of carboxylic acids is 1. The number of rotatable bonds is 6. The lowest BCUT2D eigenvalue weighted by atomic mass is 9.97. The molecule has 29 heavy (non-hydrogen) atoms. The van der Waals surface area contributed by atoms with Crippen molar-refractivity contribution in [1.29, 1.82) is 0 Å². The third-order valence-corrected chi connectivity index (χ3v) is 5.23. The van der Waals surface area contributed by atoms with E-state index in [1.165, 1.54) is 0 Å². The number of carbonyl (C=O) groups excluding carboxylic acids is 2. The van der Waals surface area contributed by atoms with Crippen molar-refractivity contribution in [3.63, 3.8) is 0 Å². The molecule has 7 nitrogen and oxygen atoms in total. The molecular weight excluding hydrogens is 372 g/mol. The van der Waals surface area contributed by atoms with Crippen molar-refractivity contribution in [2.24, 2.45) is 5.92 Å². The van der Waals surface area contributed by atoms with Gasteiger partial charge in [0.05, 0.1) is 5.56 Å². The molecular formula is C22H22N2O5. The summed E-state index contributed by atoms with van der Waals surface area (Å²) in [4.78, 5) is 37.3. The Morgan fingerprint density at radius 3 is 2.69 bits per heavy atom. The van der Waals surface area contributed by atoms with Crippen molar-refractivity contribution >= 4 is 23.5 Å². The van der Waals surface area contributed by atoms with E-state index in [0.29, 0.717) is 30.9 Å². The summed E-state index contributed by atoms with van der Waals surface area (Å²) in [5, 5.41) is 12.0. The van der Waals surface area contributed by atoms with Crippen LogP contribution in [0.15, 0.2) is 42.5 Å². The smallest absolute Gasteiger partial charge is 0.335 e. The third-order valence-electron chi connectivity index (χ3n) is 5.23. The minimum atomic E-state index is -0.978. The highest BCUT2D eigenvalue weighted by molar-refractivity contribution is 5.94. The molecule has 1 fully saturated rings. The summed E-state index contributed by atoms with van der Waals surface area (Å²) in [6.45, 7) is 0.823. The quantitative estimate of drug-likeness (QED) is 0.785. The minimum absolute atomic E-state index is 0.0194. The Bertz CT molecular complexity index is 967. The highest BCUT2D eigenvalue weighted by Gasteiger charge is 2.29. The number of aromatic carboxylic acids is 1. The second-order valence-electron chi connectivity index (χ2n) is 7.43. The van der Waals surface area contributed by atoms with Crippen LogP contribution in [0.3, 0.4) is 0 Å². The number of carbonyl (C=O) groups is 3. The number of carboxylic acid groups (broad SMARTS) is 1. The summed E-state index contributed by atoms with van der Waals surface area (Å²) < 4.78 is 5.63. The summed E-state index contributed by atoms with van der Waals surface area (Å²) in [5.74, 6) is -0.495. The van der Waals surface area contributed by atoms with Crippen LogP contribution in [0.2, 0.25) is 0 Å². The van der Waals surface area contributed by atoms with Crippen LogP contribution in [0, 0.1) is 5.92 Å². The van der Waals surface area contributed by atoms with E-state index < -0.39 is 5.97 Å². The van der Waals surface area contributed by atoms with Crippen molar-refractivity contribution in [2.45, 2.75) is 25.8 Å². The van der Waals surface area contributed by atoms with E-state index in [0.717, 1.165) is 24.0 Å². The van der Waals surface area contributed by atoms with E-state index in [1.54, 1.807) is 41.3 Å². The van der Waals surface area contributed by atoms with Crippen LogP contribution >= 0.6 is 0 Å². The first-order valence-corrected chi connectivity index (χ1v) is 9.66. The molecule has 1 aliphatic carbocycles. The largest absolute Gasteiger partial charge is 0.484 e. The molecule has 150 valence electrons. The van der Waals surface area contributed by atoms with Crippen LogP contribution in [0.1, 0.15) is 34.3 Å². The maximum atomic E-state index is 12.6. The first kappa shape index (κ1) is 19.0. The molecule has 2 aromatic rings. The van der Waals surface area contributed by atoms with Crippen molar-refractivity contribution < 1.29 is 24.2 Å². The SMILES string of the molecule is O=C(O)c1ccc2c(c1)CN(C(=O)COc1cccc(NC(=O)C3CC3)c1)CC2. The Labute approximate surface area is 168 Å². The molecule has 0 atom stereocenters. The first-order chi connectivity index (χ1) is 14.0. The van der Waals surface area contributed by atoms with E-state index in [1.807, 2.05) is 6.07 Å². The molecule has 0 saturated heterocycles. The molecule has 7 heteroatoms. The van der Waals surface area contributed by atoms with Crippen LogP contribution in [0.4, 0.5) is 5.69 Å². The van der Waals surface area contributed by atoms with Gasteiger partial charge in [0.25, 0.3) is 5.91 Å². The van der Waals surface area contributed by atoms with E-state index in [-0.39, 0.29) is 29.9 Å². The highest BCUT2D eigenvalue weighted by atomic mass is 16.5. The number of ether oxygens (including phenoxy) is 1. The maximum Gasteiger partial charge on any atom is 0.335 e. The molecule has 0 bridgehead atoms. The molecule has 0 spiro atoms. The van der Waals surface area contributed by atoms with Gasteiger partial charge >= 0.3 is 5.97 Å². The molecule has 0 unspecified atom stereocenters. The van der Waals surface area contributed by atoms with E-state index in [9.17, 15) is 14.4 Å². The topological polar surface area (TPSA) is 95.9 Å². The van der Waals surface area contributed by atoms with Crippen LogP contribution in [-0.4, -0.2) is 40.9 Å². The lowest BCUT2D eigenvalue weighted by Crippen LogP contribution is -2.38. The van der Waals surface area contributed by atoms with Crippen LogP contribution in [0.25, 0.3) is 0 Å². The number of anilines is 1. The predicted octanol–water partition coefficient (Wildman–Crippen LogP) is 2.70. The Balaban J connectivity index is 1.35. The van der Waals surface area contributed by atoms with Gasteiger partial charge in [-0.15, -0.1) is 0 Å². The molecule has 4 rings (SSSR count). The fourth-order valence-electron chi connectivity index (χ4n) is 3.39. The summed E-state index contributed by atoms with van der Waals surface area (Å²) in [6, 6.07) is 12.0. The van der Waals surface area contributed by atoms with Crippen molar-refractivity contribution in [3.8, 4) is 5.75 Å². The van der Waals surface area contributed by atoms with Gasteiger partial charge in [0.1, 0.15) is 5.75 Å². The van der Waals surface area contributed by atoms with Crippen molar-refractivity contribution in [3.05, 3.63) is 59.2 Å². The van der Waals surface area contributed by atoms with Gasteiger partial charge < -0.3 is 20.1 Å². The zero-order chi connectivity index (χ0) is 20.4. The van der Waals surface area contributed by atoms with Gasteiger partial charge in [0, 0.05) is 30.8 Å². The first-order valence-electron chi connectivity index (χ1n) is 9.66. The number of hydrogen-bond acceptors (Lipinski definition) is 4. The Morgan fingerprint density at radius 2 is 1.93 bits per heavy atom. The molecule has 1 aliphatic heterocycles. The molecule has 1 heterocycles. The van der Waals surface area contributed by atoms with Gasteiger partial charge in [-0.05, 0) is 54.7 Å². The zero-order valence-corrected chi connectivity index (χ0v) is 15.9. The monoisotopic (exact) mass is 394 g/mol. The van der Waals surface area contributed by atoms with Crippen molar-refractivity contribution in [1.82, 2.24) is 4.90 Å². The lowest BCUT2D eigenvalue weighted by Gasteiger charge is -2.29. The van der Waals surface area contributed by atoms with Gasteiger partial charge in [-0.2, -0.15) is 0 Å². The second-order valence-corrected chi connectivity index (χ2v) is 7.43. The van der Waals surface area contributed by atoms with Crippen LogP contribution in [-0.2, 0) is 22.6 Å². The minimum Gasteiger partial charge on any atom is -0.484 e. The summed E-state index contributed by atoms with van der Waals surface area (Å²) in [5.41, 5.74) is 2.80. The van der Waals surface area contributed by atoms with Gasteiger partial charge in [0.2, 0.25) is 5.91 Å². The molecule has 2 N–H and O–H groups in total. The standard InChI is InChI=1S/C22H22N2O5/c25-20(24-9-8-14-4-7-16(22(27)28)10-17(14)12-24)13-29-19-3-1-2-18(11-19)23-21(26)15-5-6-15/h1-4,7,10-11,15H,5-6,8-9,12-13H2,(H,23,26)(H,27,28). The van der Waals surface area contributed by atoms with E-state index in [2.05, 4.69) is 5.32 Å². The fourth-order valence-corrected chi connectivity index (χ4v) is 3.39. The summed E-state index contributed by atoms with van der Waals surface area (Å²) in [7, 11) is 0. The predicted molar refractivity (Wildman–Crippen MR) is 106 cm³/mol. The normalized spacial score (nSPS) is 15.4. The summed E-state index contributed by atoms with van der Waals surface area (Å²) in [6.07, 6.45) is 2.55. The fraction of sp³-hybridized carbons (Fsp3) is 0.318. The van der Waals surface area contributed by atoms with E-state index in [4.69, 9.17) is 9.84 Å². The second kappa shape index (κ2) is 7.95. The number of fused-ring (bicyclic) bond motifs is 1. The Hall–Kier alpha value is -3.35. The third kappa shape index (κ3) is 4.56. The molecule has 2 amide bonds. The number of amides is 2. The number of nitrogens with one attached hydrogen (secondary N) is 1. The number of nitrogens with zero attached hydrogens (tertiary/aromatic N) is 1. The molecule has 2 aliphatic rings. The maximum absolute atomic E-state index is 12.6. The van der Waals surface area contributed by atoms with E-state index >= 15 is 0 Å². The van der Waals surface area contributed by atoms with Crippen LogP contribution in [0.5, 0.6) is 5.75 Å². The molecule has 2 aromatic carbocycles. The summed E-state index contributed by atoms with van der Waals surface area (Å²) >= 11 is 0. The Kier molecular flexibility index (Phi) is 5.20. The molecule has 1 saturated carbocycles. The van der Waals surface area contributed by atoms with Gasteiger partial charge in [-0.25, -0.2) is 4.79 Å². The average molecular weight is 394 g/mol. The number of hydrogen-bond donors (Lipinski definition) is 2. The zero-order valence-electron chi connectivity index (χ0n) is 15.9. The molecule has 0 radical (unpaired) electrons. The average Bonchev–Trinajstić information content (AvgIpc) is 3.57. The van der Waals surface area contributed by atoms with Gasteiger partial charge in [-0.1, -0.05) is 12.1 Å². The number of benzene rings is 2. The Morgan fingerprint density at radius 1 is 1.10 bits per heavy atom. The molecule has 0 aromatic heterocycles. The lowest BCUT2D eigenvalue weighted by molar-refractivity contribution is -0.134. The van der Waals surface area contributed by atoms with Gasteiger partial charge in [-0.3, -0.25) is 9.59 Å². The van der Waals surface area contributed by atoms with Gasteiger partial charge in [0.15, 0.2) is 6.61 Å².